The fourth-order valence-corrected chi connectivity index (χ4v) is 3.73. The monoisotopic (exact) mass is 371 g/mol. The molecule has 1 aromatic carbocycles. The number of aromatic nitrogens is 3. The highest BCUT2D eigenvalue weighted by molar-refractivity contribution is 7.98. The molecule has 0 bridgehead atoms. The largest absolute Gasteiger partial charge is 0.497 e. The Balaban J connectivity index is 1.41. The van der Waals surface area contributed by atoms with E-state index in [0.29, 0.717) is 22.6 Å². The van der Waals surface area contributed by atoms with Crippen molar-refractivity contribution in [3.63, 3.8) is 0 Å². The Kier molecular flexibility index (Phi) is 4.53. The van der Waals surface area contributed by atoms with E-state index in [-0.39, 0.29) is 0 Å². The first kappa shape index (κ1) is 15.9. The highest BCUT2D eigenvalue weighted by atomic mass is 32.2. The number of hydrogen-bond donors (Lipinski definition) is 0. The third kappa shape index (κ3) is 3.59. The molecule has 0 N–H and O–H groups in total. The molecule has 0 aliphatic rings. The van der Waals surface area contributed by atoms with Crippen molar-refractivity contribution in [1.29, 1.82) is 0 Å². The molecule has 126 valence electrons. The van der Waals surface area contributed by atoms with E-state index in [1.165, 1.54) is 11.8 Å². The van der Waals surface area contributed by atoms with Gasteiger partial charge < -0.3 is 13.6 Å². The van der Waals surface area contributed by atoms with Crippen LogP contribution in [0, 0.1) is 0 Å². The van der Waals surface area contributed by atoms with E-state index in [1.807, 2.05) is 29.6 Å². The smallest absolute Gasteiger partial charge is 0.284 e. The summed E-state index contributed by atoms with van der Waals surface area (Å²) in [5, 5.41) is 11.5. The molecule has 8 heteroatoms. The molecule has 4 rings (SSSR count). The average molecular weight is 371 g/mol. The number of rotatable bonds is 6. The lowest BCUT2D eigenvalue weighted by Gasteiger charge is -2.00. The van der Waals surface area contributed by atoms with E-state index in [1.54, 1.807) is 36.8 Å². The maximum absolute atomic E-state index is 5.58. The molecule has 6 nitrogen and oxygen atoms in total. The molecule has 0 fully saturated rings. The minimum Gasteiger partial charge on any atom is -0.497 e. The predicted molar refractivity (Wildman–Crippen MR) is 95.7 cm³/mol. The molecule has 0 unspecified atom stereocenters. The van der Waals surface area contributed by atoms with Gasteiger partial charge >= 0.3 is 0 Å². The van der Waals surface area contributed by atoms with E-state index in [9.17, 15) is 0 Å². The van der Waals surface area contributed by atoms with Crippen LogP contribution in [0.4, 0.5) is 0 Å². The quantitative estimate of drug-likeness (QED) is 0.453. The summed E-state index contributed by atoms with van der Waals surface area (Å²) in [6.07, 6.45) is 1.57. The molecule has 3 aromatic heterocycles. The van der Waals surface area contributed by atoms with Crippen molar-refractivity contribution in [2.24, 2.45) is 0 Å². The van der Waals surface area contributed by atoms with E-state index in [4.69, 9.17) is 13.6 Å². The van der Waals surface area contributed by atoms with Crippen LogP contribution < -0.4 is 4.74 Å². The fraction of sp³-hybridized carbons (Fsp3) is 0.118. The van der Waals surface area contributed by atoms with Crippen LogP contribution in [-0.4, -0.2) is 22.3 Å². The van der Waals surface area contributed by atoms with Crippen LogP contribution in [0.1, 0.15) is 5.69 Å². The SMILES string of the molecule is COc1ccc(-c2nc(CSc3nnc(-c4ccco4)o3)cs2)cc1. The van der Waals surface area contributed by atoms with Crippen LogP contribution >= 0.6 is 23.1 Å². The fourth-order valence-electron chi connectivity index (χ4n) is 2.14. The Morgan fingerprint density at radius 2 is 2.04 bits per heavy atom. The van der Waals surface area contributed by atoms with E-state index in [0.717, 1.165) is 22.0 Å². The molecule has 0 spiro atoms. The zero-order valence-electron chi connectivity index (χ0n) is 13.2. The Morgan fingerprint density at radius 1 is 1.16 bits per heavy atom. The molecule has 25 heavy (non-hydrogen) atoms. The molecule has 0 saturated heterocycles. The second-order valence-corrected chi connectivity index (χ2v) is 6.80. The number of benzene rings is 1. The van der Waals surface area contributed by atoms with Gasteiger partial charge in [-0.2, -0.15) is 0 Å². The number of nitrogens with zero attached hydrogens (tertiary/aromatic N) is 3. The van der Waals surface area contributed by atoms with Crippen LogP contribution in [0.25, 0.3) is 22.2 Å². The molecule has 3 heterocycles. The molecule has 0 radical (unpaired) electrons. The van der Waals surface area contributed by atoms with Gasteiger partial charge in [-0.3, -0.25) is 0 Å². The lowest BCUT2D eigenvalue weighted by atomic mass is 10.2. The maximum Gasteiger partial charge on any atom is 0.284 e. The minimum atomic E-state index is 0.379. The maximum atomic E-state index is 5.58. The molecule has 0 aliphatic heterocycles. The summed E-state index contributed by atoms with van der Waals surface area (Å²) in [6, 6.07) is 11.4. The number of thiazole rings is 1. The van der Waals surface area contributed by atoms with Crippen molar-refractivity contribution in [3.8, 4) is 28.0 Å². The summed E-state index contributed by atoms with van der Waals surface area (Å²) in [5.74, 6) is 2.44. The zero-order valence-corrected chi connectivity index (χ0v) is 14.8. The lowest BCUT2D eigenvalue weighted by molar-refractivity contribution is 0.415. The highest BCUT2D eigenvalue weighted by Crippen LogP contribution is 2.29. The highest BCUT2D eigenvalue weighted by Gasteiger charge is 2.12. The first-order valence-corrected chi connectivity index (χ1v) is 9.27. The van der Waals surface area contributed by atoms with Crippen LogP contribution in [0.5, 0.6) is 5.75 Å². The van der Waals surface area contributed by atoms with Gasteiger partial charge in [0.05, 0.1) is 19.1 Å². The molecular formula is C17H13N3O3S2. The van der Waals surface area contributed by atoms with Crippen molar-refractivity contribution in [2.75, 3.05) is 7.11 Å². The van der Waals surface area contributed by atoms with E-state index in [2.05, 4.69) is 15.2 Å². The number of ether oxygens (including phenoxy) is 1. The third-order valence-electron chi connectivity index (χ3n) is 3.37. The van der Waals surface area contributed by atoms with Gasteiger partial charge in [0.25, 0.3) is 11.1 Å². The predicted octanol–water partition coefficient (Wildman–Crippen LogP) is 4.75. The van der Waals surface area contributed by atoms with Crippen LogP contribution in [-0.2, 0) is 5.75 Å². The van der Waals surface area contributed by atoms with Gasteiger partial charge in [0.15, 0.2) is 5.76 Å². The van der Waals surface area contributed by atoms with Gasteiger partial charge in [0.2, 0.25) is 0 Å². The summed E-state index contributed by atoms with van der Waals surface area (Å²) < 4.78 is 16.0. The summed E-state index contributed by atoms with van der Waals surface area (Å²) >= 11 is 3.06. The molecule has 0 atom stereocenters. The molecule has 0 aliphatic carbocycles. The summed E-state index contributed by atoms with van der Waals surface area (Å²) in [6.45, 7) is 0. The number of hydrogen-bond acceptors (Lipinski definition) is 8. The summed E-state index contributed by atoms with van der Waals surface area (Å²) in [7, 11) is 1.66. The van der Waals surface area contributed by atoms with Crippen molar-refractivity contribution in [1.82, 2.24) is 15.2 Å². The molecular weight excluding hydrogens is 358 g/mol. The standard InChI is InChI=1S/C17H13N3O3S2/c1-21-13-6-4-11(5-7-13)16-18-12(9-24-16)10-25-17-20-19-15(23-17)14-3-2-8-22-14/h2-9H,10H2,1H3. The zero-order chi connectivity index (χ0) is 17.1. The Labute approximate surface area is 151 Å². The van der Waals surface area contributed by atoms with Gasteiger partial charge in [0.1, 0.15) is 10.8 Å². The second-order valence-electron chi connectivity index (χ2n) is 5.01. The average Bonchev–Trinajstić information content (AvgIpc) is 3.41. The van der Waals surface area contributed by atoms with Gasteiger partial charge in [-0.1, -0.05) is 11.8 Å². The van der Waals surface area contributed by atoms with Crippen LogP contribution in [0.3, 0.4) is 0 Å². The Hall–Kier alpha value is -2.58. The Bertz CT molecular complexity index is 946. The minimum absolute atomic E-state index is 0.379. The van der Waals surface area contributed by atoms with Crippen molar-refractivity contribution in [2.45, 2.75) is 11.0 Å². The molecule has 4 aromatic rings. The van der Waals surface area contributed by atoms with E-state index < -0.39 is 0 Å². The number of methoxy groups -OCH3 is 1. The van der Waals surface area contributed by atoms with E-state index >= 15 is 0 Å². The normalized spacial score (nSPS) is 10.9. The van der Waals surface area contributed by atoms with Crippen LogP contribution in [0.15, 0.2) is 62.1 Å². The van der Waals surface area contributed by atoms with Gasteiger partial charge in [-0.25, -0.2) is 4.98 Å². The van der Waals surface area contributed by atoms with Gasteiger partial charge in [-0.15, -0.1) is 21.5 Å². The first-order valence-electron chi connectivity index (χ1n) is 7.41. The van der Waals surface area contributed by atoms with Crippen molar-refractivity contribution < 1.29 is 13.6 Å². The Morgan fingerprint density at radius 3 is 2.80 bits per heavy atom. The summed E-state index contributed by atoms with van der Waals surface area (Å²) in [5.41, 5.74) is 2.04. The second kappa shape index (κ2) is 7.12. The lowest BCUT2D eigenvalue weighted by Crippen LogP contribution is -1.84. The molecule has 0 saturated carbocycles. The number of furan rings is 1. The molecule has 0 amide bonds. The summed E-state index contributed by atoms with van der Waals surface area (Å²) in [4.78, 5) is 4.66. The topological polar surface area (TPSA) is 74.2 Å². The van der Waals surface area contributed by atoms with Crippen molar-refractivity contribution in [3.05, 3.63) is 53.7 Å². The van der Waals surface area contributed by atoms with Gasteiger partial charge in [-0.05, 0) is 36.4 Å². The third-order valence-corrected chi connectivity index (χ3v) is 5.16. The number of thioether (sulfide) groups is 1. The first-order chi connectivity index (χ1) is 12.3. The van der Waals surface area contributed by atoms with Crippen LogP contribution in [0.2, 0.25) is 0 Å². The van der Waals surface area contributed by atoms with Gasteiger partial charge in [0, 0.05) is 16.7 Å². The van der Waals surface area contributed by atoms with Crippen molar-refractivity contribution >= 4 is 23.1 Å².